The van der Waals surface area contributed by atoms with Crippen molar-refractivity contribution in [3.05, 3.63) is 35.4 Å². The van der Waals surface area contributed by atoms with Gasteiger partial charge in [-0.2, -0.15) is 13.2 Å². The van der Waals surface area contributed by atoms with E-state index in [0.29, 0.717) is 37.6 Å². The van der Waals surface area contributed by atoms with Crippen molar-refractivity contribution in [3.8, 4) is 0 Å². The molecule has 1 saturated heterocycles. The Kier molecular flexibility index (Phi) is 7.51. The Labute approximate surface area is 169 Å². The second-order valence-corrected chi connectivity index (χ2v) is 8.31. The SMILES string of the molecule is CN=C(NCc1cccc(C(=O)NC(C)(C)C)c1)NC1CCN(CC(F)(F)F)C1. The Morgan fingerprint density at radius 1 is 1.28 bits per heavy atom. The Balaban J connectivity index is 1.87. The normalized spacial score (nSPS) is 18.6. The van der Waals surface area contributed by atoms with Gasteiger partial charge in [-0.3, -0.25) is 14.7 Å². The highest BCUT2D eigenvalue weighted by Crippen LogP contribution is 2.20. The maximum Gasteiger partial charge on any atom is 0.401 e. The maximum absolute atomic E-state index is 12.5. The summed E-state index contributed by atoms with van der Waals surface area (Å²) in [6.45, 7) is 6.04. The predicted molar refractivity (Wildman–Crippen MR) is 108 cm³/mol. The van der Waals surface area contributed by atoms with Gasteiger partial charge < -0.3 is 16.0 Å². The number of hydrogen-bond donors (Lipinski definition) is 3. The van der Waals surface area contributed by atoms with Crippen molar-refractivity contribution >= 4 is 11.9 Å². The molecule has 29 heavy (non-hydrogen) atoms. The van der Waals surface area contributed by atoms with Gasteiger partial charge in [0.05, 0.1) is 6.54 Å². The zero-order valence-corrected chi connectivity index (χ0v) is 17.4. The van der Waals surface area contributed by atoms with E-state index < -0.39 is 12.7 Å². The first-order chi connectivity index (χ1) is 13.4. The highest BCUT2D eigenvalue weighted by molar-refractivity contribution is 5.94. The number of nitrogens with one attached hydrogen (secondary N) is 3. The van der Waals surface area contributed by atoms with Crippen LogP contribution in [-0.4, -0.2) is 61.2 Å². The van der Waals surface area contributed by atoms with Crippen LogP contribution in [0.5, 0.6) is 0 Å². The van der Waals surface area contributed by atoms with E-state index in [1.165, 1.54) is 4.90 Å². The second kappa shape index (κ2) is 9.47. The topological polar surface area (TPSA) is 68.8 Å². The third kappa shape index (κ3) is 8.31. The van der Waals surface area contributed by atoms with Crippen LogP contribution in [-0.2, 0) is 6.54 Å². The van der Waals surface area contributed by atoms with Crippen LogP contribution in [0.15, 0.2) is 29.3 Å². The van der Waals surface area contributed by atoms with Crippen molar-refractivity contribution in [2.45, 2.75) is 51.5 Å². The van der Waals surface area contributed by atoms with Crippen LogP contribution in [0.3, 0.4) is 0 Å². The van der Waals surface area contributed by atoms with E-state index in [-0.39, 0.29) is 17.5 Å². The van der Waals surface area contributed by atoms with Gasteiger partial charge in [0, 0.05) is 43.8 Å². The standard InChI is InChI=1S/C20H30F3N5O/c1-19(2,3)27-17(29)15-7-5-6-14(10-15)11-25-18(24-4)26-16-8-9-28(12-16)13-20(21,22)23/h5-7,10,16H,8-9,11-13H2,1-4H3,(H,27,29)(H2,24,25,26). The molecule has 1 aliphatic heterocycles. The molecule has 1 aliphatic rings. The molecular weight excluding hydrogens is 383 g/mol. The van der Waals surface area contributed by atoms with Crippen molar-refractivity contribution in [3.63, 3.8) is 0 Å². The monoisotopic (exact) mass is 413 g/mol. The molecule has 9 heteroatoms. The van der Waals surface area contributed by atoms with Crippen LogP contribution in [0.25, 0.3) is 0 Å². The van der Waals surface area contributed by atoms with Gasteiger partial charge in [0.2, 0.25) is 0 Å². The van der Waals surface area contributed by atoms with Crippen LogP contribution in [0.1, 0.15) is 43.1 Å². The van der Waals surface area contributed by atoms with Gasteiger partial charge in [-0.1, -0.05) is 12.1 Å². The Hall–Kier alpha value is -2.29. The van der Waals surface area contributed by atoms with Crippen LogP contribution < -0.4 is 16.0 Å². The number of carbonyl (C=O) groups excluding carboxylic acids is 1. The number of hydrogen-bond acceptors (Lipinski definition) is 3. The molecule has 162 valence electrons. The smallest absolute Gasteiger partial charge is 0.352 e. The minimum Gasteiger partial charge on any atom is -0.352 e. The fourth-order valence-corrected chi connectivity index (χ4v) is 3.16. The lowest BCUT2D eigenvalue weighted by Gasteiger charge is -2.21. The highest BCUT2D eigenvalue weighted by atomic mass is 19.4. The number of benzene rings is 1. The van der Waals surface area contributed by atoms with Crippen molar-refractivity contribution in [1.29, 1.82) is 0 Å². The summed E-state index contributed by atoms with van der Waals surface area (Å²) in [6.07, 6.45) is -3.56. The molecule has 0 aromatic heterocycles. The summed E-state index contributed by atoms with van der Waals surface area (Å²) < 4.78 is 37.6. The number of carbonyl (C=O) groups is 1. The van der Waals surface area contributed by atoms with Crippen molar-refractivity contribution < 1.29 is 18.0 Å². The molecule has 1 heterocycles. The van der Waals surface area contributed by atoms with Gasteiger partial charge in [-0.25, -0.2) is 0 Å². The Bertz CT molecular complexity index is 728. The van der Waals surface area contributed by atoms with Gasteiger partial charge in [0.25, 0.3) is 5.91 Å². The average Bonchev–Trinajstić information content (AvgIpc) is 3.02. The molecule has 0 spiro atoms. The van der Waals surface area contributed by atoms with Crippen molar-refractivity contribution in [2.75, 3.05) is 26.7 Å². The molecule has 0 bridgehead atoms. The van der Waals surface area contributed by atoms with E-state index in [1.54, 1.807) is 13.1 Å². The number of nitrogens with zero attached hydrogens (tertiary/aromatic N) is 2. The van der Waals surface area contributed by atoms with E-state index >= 15 is 0 Å². The molecule has 0 radical (unpaired) electrons. The van der Waals surface area contributed by atoms with E-state index in [4.69, 9.17) is 0 Å². The maximum atomic E-state index is 12.5. The first-order valence-corrected chi connectivity index (χ1v) is 9.63. The summed E-state index contributed by atoms with van der Waals surface area (Å²) in [5.74, 6) is 0.381. The minimum absolute atomic E-state index is 0.0903. The number of likely N-dealkylation sites (tertiary alicyclic amines) is 1. The number of halogens is 3. The van der Waals surface area contributed by atoms with Crippen LogP contribution in [0.4, 0.5) is 13.2 Å². The summed E-state index contributed by atoms with van der Waals surface area (Å²) in [7, 11) is 1.62. The molecule has 1 fully saturated rings. The predicted octanol–water partition coefficient (Wildman–Crippen LogP) is 2.52. The number of rotatable bonds is 5. The molecule has 1 unspecified atom stereocenters. The van der Waals surface area contributed by atoms with Crippen LogP contribution >= 0.6 is 0 Å². The third-order valence-corrected chi connectivity index (χ3v) is 4.38. The molecule has 0 saturated carbocycles. The zero-order chi connectivity index (χ0) is 21.7. The molecular formula is C20H30F3N5O. The number of guanidine groups is 1. The fourth-order valence-electron chi connectivity index (χ4n) is 3.16. The highest BCUT2D eigenvalue weighted by Gasteiger charge is 2.34. The lowest BCUT2D eigenvalue weighted by molar-refractivity contribution is -0.143. The molecule has 1 aromatic rings. The van der Waals surface area contributed by atoms with Gasteiger partial charge in [-0.15, -0.1) is 0 Å². The number of amides is 1. The molecule has 6 nitrogen and oxygen atoms in total. The van der Waals surface area contributed by atoms with Gasteiger partial charge >= 0.3 is 6.18 Å². The third-order valence-electron chi connectivity index (χ3n) is 4.38. The number of aliphatic imine (C=N–C) groups is 1. The van der Waals surface area contributed by atoms with Gasteiger partial charge in [0.15, 0.2) is 5.96 Å². The van der Waals surface area contributed by atoms with Crippen LogP contribution in [0, 0.1) is 0 Å². The first kappa shape index (κ1) is 23.0. The minimum atomic E-state index is -4.18. The molecule has 3 N–H and O–H groups in total. The lowest BCUT2D eigenvalue weighted by atomic mass is 10.1. The summed E-state index contributed by atoms with van der Waals surface area (Å²) in [5, 5.41) is 9.25. The number of alkyl halides is 3. The van der Waals surface area contributed by atoms with Crippen LogP contribution in [0.2, 0.25) is 0 Å². The van der Waals surface area contributed by atoms with Crippen molar-refractivity contribution in [2.24, 2.45) is 4.99 Å². The lowest BCUT2D eigenvalue weighted by Crippen LogP contribution is -2.45. The fraction of sp³-hybridized carbons (Fsp3) is 0.600. The second-order valence-electron chi connectivity index (χ2n) is 8.31. The van der Waals surface area contributed by atoms with E-state index in [0.717, 1.165) is 5.56 Å². The Morgan fingerprint density at radius 3 is 2.62 bits per heavy atom. The van der Waals surface area contributed by atoms with E-state index in [2.05, 4.69) is 20.9 Å². The zero-order valence-electron chi connectivity index (χ0n) is 17.4. The molecule has 1 amide bonds. The Morgan fingerprint density at radius 2 is 2.00 bits per heavy atom. The van der Waals surface area contributed by atoms with Gasteiger partial charge in [0.1, 0.15) is 0 Å². The molecule has 2 rings (SSSR count). The summed E-state index contributed by atoms with van der Waals surface area (Å²) in [4.78, 5) is 17.9. The summed E-state index contributed by atoms with van der Waals surface area (Å²) in [6, 6.07) is 7.19. The van der Waals surface area contributed by atoms with Gasteiger partial charge in [-0.05, 0) is 44.9 Å². The summed E-state index contributed by atoms with van der Waals surface area (Å²) in [5.41, 5.74) is 1.15. The quantitative estimate of drug-likeness (QED) is 0.513. The van der Waals surface area contributed by atoms with E-state index in [9.17, 15) is 18.0 Å². The van der Waals surface area contributed by atoms with E-state index in [1.807, 2.05) is 39.0 Å². The average molecular weight is 413 g/mol. The largest absolute Gasteiger partial charge is 0.401 e. The first-order valence-electron chi connectivity index (χ1n) is 9.63. The molecule has 1 aromatic carbocycles. The summed E-state index contributed by atoms with van der Waals surface area (Å²) >= 11 is 0. The molecule has 0 aliphatic carbocycles. The molecule has 1 atom stereocenters. The van der Waals surface area contributed by atoms with Crippen molar-refractivity contribution in [1.82, 2.24) is 20.9 Å².